The number of hydrogen-bond acceptors (Lipinski definition) is 10. The van der Waals surface area contributed by atoms with E-state index in [-0.39, 0.29) is 40.8 Å². The summed E-state index contributed by atoms with van der Waals surface area (Å²) in [6.07, 6.45) is 4.95. The molecule has 0 aromatic rings. The van der Waals surface area contributed by atoms with Crippen molar-refractivity contribution >= 4 is 5.97 Å². The van der Waals surface area contributed by atoms with Crippen molar-refractivity contribution in [2.75, 3.05) is 6.61 Å². The number of aliphatic hydroxyl groups is 4. The fourth-order valence-corrected chi connectivity index (χ4v) is 11.2. The molecule has 6 unspecified atom stereocenters. The second-order valence-electron chi connectivity index (χ2n) is 16.0. The summed E-state index contributed by atoms with van der Waals surface area (Å²) in [6, 6.07) is 0. The average molecular weight is 635 g/mol. The van der Waals surface area contributed by atoms with Crippen molar-refractivity contribution in [2.24, 2.45) is 34.5 Å². The van der Waals surface area contributed by atoms with Crippen molar-refractivity contribution in [1.82, 2.24) is 0 Å². The first kappa shape index (κ1) is 32.4. The Hall–Kier alpha value is -1.11. The molecule has 3 aliphatic heterocycles. The Morgan fingerprint density at radius 3 is 2.38 bits per heavy atom. The van der Waals surface area contributed by atoms with Gasteiger partial charge < -0.3 is 44.1 Å². The molecule has 0 spiro atoms. The van der Waals surface area contributed by atoms with Gasteiger partial charge in [0.05, 0.1) is 30.0 Å². The van der Waals surface area contributed by atoms with Gasteiger partial charge in [-0.1, -0.05) is 13.8 Å². The van der Waals surface area contributed by atoms with Crippen LogP contribution in [0.15, 0.2) is 11.6 Å². The van der Waals surface area contributed by atoms with Crippen molar-refractivity contribution in [3.8, 4) is 0 Å². The molecule has 10 heteroatoms. The van der Waals surface area contributed by atoms with Crippen molar-refractivity contribution in [2.45, 2.75) is 159 Å². The highest BCUT2D eigenvalue weighted by molar-refractivity contribution is 5.85. The van der Waals surface area contributed by atoms with Crippen LogP contribution in [-0.4, -0.2) is 93.9 Å². The van der Waals surface area contributed by atoms with E-state index in [2.05, 4.69) is 13.8 Å². The molecule has 4 N–H and O–H groups in total. The van der Waals surface area contributed by atoms with E-state index in [0.29, 0.717) is 31.3 Å². The van der Waals surface area contributed by atoms with Gasteiger partial charge in [-0.2, -0.15) is 0 Å². The zero-order valence-electron chi connectivity index (χ0n) is 27.3. The lowest BCUT2D eigenvalue weighted by atomic mass is 9.43. The van der Waals surface area contributed by atoms with Gasteiger partial charge in [0.1, 0.15) is 24.9 Å². The number of aliphatic hydroxyl groups excluding tert-OH is 3. The second kappa shape index (κ2) is 11.8. The summed E-state index contributed by atoms with van der Waals surface area (Å²) >= 11 is 0. The summed E-state index contributed by atoms with van der Waals surface area (Å²) < 4.78 is 29.6. The van der Waals surface area contributed by atoms with Crippen LogP contribution < -0.4 is 0 Å². The second-order valence-corrected chi connectivity index (χ2v) is 16.0. The third-order valence-corrected chi connectivity index (χ3v) is 14.0. The molecule has 4 saturated carbocycles. The number of ether oxygens (including phenoxy) is 5. The molecule has 45 heavy (non-hydrogen) atoms. The molecule has 6 fully saturated rings. The van der Waals surface area contributed by atoms with E-state index in [1.54, 1.807) is 13.0 Å². The number of carbonyl (C=O) groups excluding carboxylic acids is 1. The molecule has 2 saturated heterocycles. The summed E-state index contributed by atoms with van der Waals surface area (Å²) in [7, 11) is 0. The zero-order chi connectivity index (χ0) is 31.9. The van der Waals surface area contributed by atoms with Crippen LogP contribution in [0.1, 0.15) is 98.3 Å². The average Bonchev–Trinajstić information content (AvgIpc) is 3.55. The third-order valence-electron chi connectivity index (χ3n) is 14.0. The van der Waals surface area contributed by atoms with Crippen LogP contribution in [0.5, 0.6) is 0 Å². The molecule has 7 aliphatic rings. The summed E-state index contributed by atoms with van der Waals surface area (Å²) in [5, 5.41) is 44.5. The first-order valence-corrected chi connectivity index (χ1v) is 17.6. The number of esters is 1. The van der Waals surface area contributed by atoms with Crippen molar-refractivity contribution in [1.29, 1.82) is 0 Å². The number of rotatable bonds is 5. The topological polar surface area (TPSA) is 144 Å². The lowest BCUT2D eigenvalue weighted by Crippen LogP contribution is -2.63. The quantitative estimate of drug-likeness (QED) is 0.263. The molecule has 0 aromatic heterocycles. The molecule has 16 atom stereocenters. The van der Waals surface area contributed by atoms with Gasteiger partial charge in [0.15, 0.2) is 12.6 Å². The maximum absolute atomic E-state index is 12.5. The Kier molecular flexibility index (Phi) is 8.50. The number of carbonyl (C=O) groups is 1. The predicted molar refractivity (Wildman–Crippen MR) is 161 cm³/mol. The van der Waals surface area contributed by atoms with Gasteiger partial charge in [0.2, 0.25) is 0 Å². The first-order valence-electron chi connectivity index (χ1n) is 17.6. The van der Waals surface area contributed by atoms with E-state index in [0.717, 1.165) is 63.4 Å². The van der Waals surface area contributed by atoms with Gasteiger partial charge in [-0.3, -0.25) is 0 Å². The van der Waals surface area contributed by atoms with Crippen LogP contribution in [0.3, 0.4) is 0 Å². The van der Waals surface area contributed by atoms with Crippen LogP contribution in [0.2, 0.25) is 0 Å². The van der Waals surface area contributed by atoms with Gasteiger partial charge in [-0.25, -0.2) is 4.79 Å². The maximum atomic E-state index is 12.5. The van der Waals surface area contributed by atoms with Gasteiger partial charge >= 0.3 is 5.97 Å². The SMILES string of the molecule is CC1O[C@@H](O[C@H]2CCC3(C)C4CCC5(C)[C@@H](C6=CC(=O)OC6)CC[C@]5(O)[C@@H]4CC[C@@H]3C2)[C@@H](O)C(O)[C@H]1O[C@@H]1CC[C@H](O)C(C)O1. The summed E-state index contributed by atoms with van der Waals surface area (Å²) in [6.45, 7) is 8.68. The van der Waals surface area contributed by atoms with Crippen LogP contribution >= 0.6 is 0 Å². The van der Waals surface area contributed by atoms with Crippen molar-refractivity contribution < 1.29 is 48.9 Å². The van der Waals surface area contributed by atoms with Gasteiger partial charge in [0.25, 0.3) is 0 Å². The molecule has 4 aliphatic carbocycles. The van der Waals surface area contributed by atoms with E-state index in [4.69, 9.17) is 23.7 Å². The third kappa shape index (κ3) is 5.25. The van der Waals surface area contributed by atoms with Crippen molar-refractivity contribution in [3.63, 3.8) is 0 Å². The fourth-order valence-electron chi connectivity index (χ4n) is 11.2. The number of cyclic esters (lactones) is 1. The molecular weight excluding hydrogens is 580 g/mol. The molecule has 3 heterocycles. The van der Waals surface area contributed by atoms with Gasteiger partial charge in [-0.15, -0.1) is 0 Å². The number of hydrogen-bond donors (Lipinski definition) is 4. The lowest BCUT2D eigenvalue weighted by Gasteiger charge is -2.64. The van der Waals surface area contributed by atoms with E-state index in [1.165, 1.54) is 0 Å². The predicted octanol–water partition coefficient (Wildman–Crippen LogP) is 3.37. The van der Waals surface area contributed by atoms with Gasteiger partial charge in [-0.05, 0) is 113 Å². The Morgan fingerprint density at radius 2 is 1.64 bits per heavy atom. The molecule has 0 bridgehead atoms. The van der Waals surface area contributed by atoms with Crippen LogP contribution in [-0.2, 0) is 28.5 Å². The Balaban J connectivity index is 0.978. The zero-order valence-corrected chi connectivity index (χ0v) is 27.3. The standard InChI is InChI=1S/C35H54O10/c1-18-26(36)7-8-28(42-18)45-31-19(2)43-32(30(39)29(31)38)44-22-9-12-33(3)21(16-22)5-6-25-24(33)10-13-34(4)23(11-14-35(25,34)40)20-15-27(37)41-17-20/h15,18-19,21-26,28-32,36,38-40H,5-14,16-17H2,1-4H3/t18?,19?,21-,22+,23-,24?,25-,26+,28-,29?,30+,31+,32+,33?,34?,35+/m1/s1. The summed E-state index contributed by atoms with van der Waals surface area (Å²) in [4.78, 5) is 11.9. The highest BCUT2D eigenvalue weighted by Crippen LogP contribution is 2.70. The normalized spacial score (nSPS) is 54.9. The minimum atomic E-state index is -1.25. The fraction of sp³-hybridized carbons (Fsp3) is 0.914. The van der Waals surface area contributed by atoms with Crippen LogP contribution in [0.4, 0.5) is 0 Å². The Bertz CT molecular complexity index is 1160. The summed E-state index contributed by atoms with van der Waals surface area (Å²) in [5.74, 6) is 1.08. The minimum absolute atomic E-state index is 0.0835. The maximum Gasteiger partial charge on any atom is 0.331 e. The summed E-state index contributed by atoms with van der Waals surface area (Å²) in [5.41, 5.74) is 0.190. The van der Waals surface area contributed by atoms with Crippen LogP contribution in [0, 0.1) is 34.5 Å². The van der Waals surface area contributed by atoms with Crippen molar-refractivity contribution in [3.05, 3.63) is 11.6 Å². The molecule has 254 valence electrons. The molecule has 0 radical (unpaired) electrons. The molecule has 10 nitrogen and oxygen atoms in total. The monoisotopic (exact) mass is 634 g/mol. The first-order chi connectivity index (χ1) is 21.3. The highest BCUT2D eigenvalue weighted by Gasteiger charge is 2.67. The van der Waals surface area contributed by atoms with E-state index in [1.807, 2.05) is 6.92 Å². The molecular formula is C35H54O10. The van der Waals surface area contributed by atoms with E-state index in [9.17, 15) is 25.2 Å². The molecule has 0 amide bonds. The van der Waals surface area contributed by atoms with Gasteiger partial charge in [0, 0.05) is 17.9 Å². The van der Waals surface area contributed by atoms with Crippen LogP contribution in [0.25, 0.3) is 0 Å². The molecule has 7 rings (SSSR count). The lowest BCUT2D eigenvalue weighted by molar-refractivity contribution is -0.339. The molecule has 0 aromatic carbocycles. The Morgan fingerprint density at radius 1 is 0.844 bits per heavy atom. The smallest absolute Gasteiger partial charge is 0.331 e. The number of fused-ring (bicyclic) bond motifs is 5. The van der Waals surface area contributed by atoms with E-state index < -0.39 is 48.7 Å². The van der Waals surface area contributed by atoms with E-state index >= 15 is 0 Å². The highest BCUT2D eigenvalue weighted by atomic mass is 16.7. The Labute approximate surface area is 266 Å². The minimum Gasteiger partial charge on any atom is -0.458 e. The largest absolute Gasteiger partial charge is 0.458 e.